The molecular formula is C27H28N4O3S. The zero-order valence-corrected chi connectivity index (χ0v) is 20.4. The van der Waals surface area contributed by atoms with Crippen LogP contribution in [0.25, 0.3) is 16.5 Å². The van der Waals surface area contributed by atoms with Gasteiger partial charge < -0.3 is 4.90 Å². The lowest BCUT2D eigenvalue weighted by Gasteiger charge is -2.32. The van der Waals surface area contributed by atoms with E-state index in [1.807, 2.05) is 66.9 Å². The predicted molar refractivity (Wildman–Crippen MR) is 135 cm³/mol. The molecule has 1 amide bonds. The summed E-state index contributed by atoms with van der Waals surface area (Å²) in [4.78, 5) is 15.1. The molecule has 0 bridgehead atoms. The molecule has 0 spiro atoms. The van der Waals surface area contributed by atoms with Crippen molar-refractivity contribution in [2.75, 3.05) is 20.1 Å². The number of amides is 1. The lowest BCUT2D eigenvalue weighted by molar-refractivity contribution is -0.135. The fourth-order valence-electron chi connectivity index (χ4n) is 4.65. The molecule has 5 rings (SSSR count). The first kappa shape index (κ1) is 23.3. The summed E-state index contributed by atoms with van der Waals surface area (Å²) in [6.07, 6.45) is 4.73. The number of fused-ring (bicyclic) bond motifs is 1. The Hall–Kier alpha value is -3.49. The first-order valence-corrected chi connectivity index (χ1v) is 13.2. The Balaban J connectivity index is 1.20. The van der Waals surface area contributed by atoms with E-state index in [4.69, 9.17) is 0 Å². The largest absolute Gasteiger partial charge is 0.341 e. The van der Waals surface area contributed by atoms with Crippen molar-refractivity contribution < 1.29 is 13.2 Å². The van der Waals surface area contributed by atoms with Crippen LogP contribution in [0.1, 0.15) is 18.4 Å². The molecule has 0 unspecified atom stereocenters. The summed E-state index contributed by atoms with van der Waals surface area (Å²) in [6, 6.07) is 22.8. The smallest absolute Gasteiger partial charge is 0.243 e. The normalized spacial score (nSPS) is 15.3. The molecule has 1 aliphatic rings. The van der Waals surface area contributed by atoms with Crippen molar-refractivity contribution in [1.82, 2.24) is 19.0 Å². The number of rotatable bonds is 6. The minimum atomic E-state index is -3.60. The Morgan fingerprint density at radius 3 is 2.40 bits per heavy atom. The minimum absolute atomic E-state index is 0.0419. The number of benzene rings is 3. The van der Waals surface area contributed by atoms with Gasteiger partial charge >= 0.3 is 0 Å². The molecule has 0 saturated carbocycles. The molecule has 0 radical (unpaired) electrons. The van der Waals surface area contributed by atoms with Crippen LogP contribution in [0.5, 0.6) is 0 Å². The maximum absolute atomic E-state index is 13.2. The predicted octanol–water partition coefficient (Wildman–Crippen LogP) is 4.08. The lowest BCUT2D eigenvalue weighted by atomic mass is 9.96. The summed E-state index contributed by atoms with van der Waals surface area (Å²) in [7, 11) is -1.81. The molecule has 2 heterocycles. The van der Waals surface area contributed by atoms with E-state index in [-0.39, 0.29) is 11.8 Å². The molecule has 3 aromatic carbocycles. The van der Waals surface area contributed by atoms with Crippen molar-refractivity contribution in [3.05, 3.63) is 90.8 Å². The molecule has 1 aliphatic heterocycles. The van der Waals surface area contributed by atoms with Crippen LogP contribution in [0.2, 0.25) is 0 Å². The fraction of sp³-hybridized carbons (Fsp3) is 0.259. The van der Waals surface area contributed by atoms with Crippen molar-refractivity contribution in [1.29, 1.82) is 0 Å². The summed E-state index contributed by atoms with van der Waals surface area (Å²) in [5.41, 5.74) is 1.91. The van der Waals surface area contributed by atoms with Crippen LogP contribution in [-0.2, 0) is 21.4 Å². The molecule has 0 N–H and O–H groups in total. The van der Waals surface area contributed by atoms with Crippen molar-refractivity contribution >= 4 is 26.7 Å². The van der Waals surface area contributed by atoms with Gasteiger partial charge in [-0.1, -0.05) is 48.5 Å². The van der Waals surface area contributed by atoms with Crippen LogP contribution in [-0.4, -0.2) is 53.4 Å². The molecule has 1 saturated heterocycles. The first-order valence-electron chi connectivity index (χ1n) is 11.7. The average molecular weight is 489 g/mol. The van der Waals surface area contributed by atoms with E-state index < -0.39 is 10.0 Å². The number of hydrogen-bond acceptors (Lipinski definition) is 4. The number of aromatic nitrogens is 2. The Kier molecular flexibility index (Phi) is 6.40. The highest BCUT2D eigenvalue weighted by atomic mass is 32.2. The molecule has 1 aromatic heterocycles. The third kappa shape index (κ3) is 4.85. The van der Waals surface area contributed by atoms with Crippen molar-refractivity contribution in [2.45, 2.75) is 24.3 Å². The summed E-state index contributed by atoms with van der Waals surface area (Å²) < 4.78 is 29.7. The van der Waals surface area contributed by atoms with Gasteiger partial charge in [0.05, 0.1) is 16.8 Å². The standard InChI is InChI=1S/C27H28N4O3S/c1-29(19-21-18-28-31(20-21)25-9-3-2-4-10-25)27(32)23-13-15-30(16-14-23)35(33,34)26-12-11-22-7-5-6-8-24(22)17-26/h2-12,17-18,20,23H,13-16,19H2,1H3. The van der Waals surface area contributed by atoms with Crippen LogP contribution in [0.15, 0.2) is 90.1 Å². The van der Waals surface area contributed by atoms with Gasteiger partial charge in [0.15, 0.2) is 0 Å². The van der Waals surface area contributed by atoms with Crippen LogP contribution < -0.4 is 0 Å². The van der Waals surface area contributed by atoms with Gasteiger partial charge in [0.1, 0.15) is 0 Å². The van der Waals surface area contributed by atoms with Gasteiger partial charge in [-0.15, -0.1) is 0 Å². The summed E-state index contributed by atoms with van der Waals surface area (Å²) in [5, 5.41) is 6.31. The fourth-order valence-corrected chi connectivity index (χ4v) is 6.15. The Morgan fingerprint density at radius 1 is 0.971 bits per heavy atom. The number of carbonyl (C=O) groups excluding carboxylic acids is 1. The maximum Gasteiger partial charge on any atom is 0.243 e. The van der Waals surface area contributed by atoms with Gasteiger partial charge in [-0.3, -0.25) is 4.79 Å². The van der Waals surface area contributed by atoms with Crippen molar-refractivity contribution in [3.8, 4) is 5.69 Å². The van der Waals surface area contributed by atoms with Gasteiger partial charge in [0.2, 0.25) is 15.9 Å². The summed E-state index contributed by atoms with van der Waals surface area (Å²) in [5.74, 6) is -0.146. The van der Waals surface area contributed by atoms with Gasteiger partial charge in [-0.2, -0.15) is 9.40 Å². The number of piperidine rings is 1. The highest BCUT2D eigenvalue weighted by Gasteiger charge is 2.33. The SMILES string of the molecule is CN(Cc1cnn(-c2ccccc2)c1)C(=O)C1CCN(S(=O)(=O)c2ccc3ccccc3c2)CC1. The second kappa shape index (κ2) is 9.64. The highest BCUT2D eigenvalue weighted by Crippen LogP contribution is 2.27. The minimum Gasteiger partial charge on any atom is -0.341 e. The average Bonchev–Trinajstić information content (AvgIpc) is 3.37. The molecule has 35 heavy (non-hydrogen) atoms. The Morgan fingerprint density at radius 2 is 1.66 bits per heavy atom. The molecule has 1 fully saturated rings. The number of hydrogen-bond donors (Lipinski definition) is 0. The van der Waals surface area contributed by atoms with E-state index >= 15 is 0 Å². The number of carbonyl (C=O) groups is 1. The monoisotopic (exact) mass is 488 g/mol. The molecule has 8 heteroatoms. The van der Waals surface area contributed by atoms with Crippen molar-refractivity contribution in [3.63, 3.8) is 0 Å². The van der Waals surface area contributed by atoms with Gasteiger partial charge in [0, 0.05) is 44.4 Å². The highest BCUT2D eigenvalue weighted by molar-refractivity contribution is 7.89. The van der Waals surface area contributed by atoms with E-state index in [2.05, 4.69) is 5.10 Å². The Labute approximate surface area is 205 Å². The lowest BCUT2D eigenvalue weighted by Crippen LogP contribution is -2.43. The van der Waals surface area contributed by atoms with E-state index in [1.165, 1.54) is 4.31 Å². The Bertz CT molecular complexity index is 1440. The van der Waals surface area contributed by atoms with Crippen LogP contribution in [0.4, 0.5) is 0 Å². The van der Waals surface area contributed by atoms with Crippen LogP contribution in [0.3, 0.4) is 0 Å². The number of sulfonamides is 1. The second-order valence-electron chi connectivity index (χ2n) is 9.01. The number of nitrogens with zero attached hydrogens (tertiary/aromatic N) is 4. The van der Waals surface area contributed by atoms with Gasteiger partial charge in [-0.25, -0.2) is 13.1 Å². The third-order valence-corrected chi connectivity index (χ3v) is 8.51. The van der Waals surface area contributed by atoms with Crippen LogP contribution >= 0.6 is 0 Å². The zero-order valence-electron chi connectivity index (χ0n) is 19.6. The number of para-hydroxylation sites is 1. The molecule has 0 aliphatic carbocycles. The molecular weight excluding hydrogens is 460 g/mol. The van der Waals surface area contributed by atoms with Crippen LogP contribution in [0, 0.1) is 5.92 Å². The van der Waals surface area contributed by atoms with E-state index in [0.717, 1.165) is 22.0 Å². The maximum atomic E-state index is 13.2. The van der Waals surface area contributed by atoms with Gasteiger partial charge in [-0.05, 0) is 47.9 Å². The van der Waals surface area contributed by atoms with E-state index in [0.29, 0.717) is 37.4 Å². The summed E-state index contributed by atoms with van der Waals surface area (Å²) in [6.45, 7) is 1.14. The molecule has 180 valence electrons. The van der Waals surface area contributed by atoms with Crippen molar-refractivity contribution in [2.24, 2.45) is 5.92 Å². The van der Waals surface area contributed by atoms with Gasteiger partial charge in [0.25, 0.3) is 0 Å². The molecule has 4 aromatic rings. The molecule has 0 atom stereocenters. The zero-order chi connectivity index (χ0) is 24.4. The topological polar surface area (TPSA) is 75.5 Å². The first-order chi connectivity index (χ1) is 16.9. The summed E-state index contributed by atoms with van der Waals surface area (Å²) >= 11 is 0. The second-order valence-corrected chi connectivity index (χ2v) is 10.9. The van der Waals surface area contributed by atoms with E-state index in [9.17, 15) is 13.2 Å². The quantitative estimate of drug-likeness (QED) is 0.410. The third-order valence-electron chi connectivity index (χ3n) is 6.61. The molecule has 7 nitrogen and oxygen atoms in total. The van der Waals surface area contributed by atoms with E-state index in [1.54, 1.807) is 35.0 Å².